The zero-order valence-electron chi connectivity index (χ0n) is 19.8. The van der Waals surface area contributed by atoms with Crippen LogP contribution in [0.5, 0.6) is 5.75 Å². The van der Waals surface area contributed by atoms with Gasteiger partial charge in [0.2, 0.25) is 0 Å². The molecule has 0 saturated heterocycles. The first-order chi connectivity index (χ1) is 15.7. The smallest absolute Gasteiger partial charge is 0.196 e. The molecule has 1 aliphatic carbocycles. The molecule has 0 radical (unpaired) electrons. The van der Waals surface area contributed by atoms with Crippen molar-refractivity contribution >= 4 is 35.6 Å². The monoisotopic (exact) mass is 568 g/mol. The summed E-state index contributed by atoms with van der Waals surface area (Å²) >= 11 is 0. The Hall–Kier alpha value is -1.88. The first-order valence-electron chi connectivity index (χ1n) is 12.0. The van der Waals surface area contributed by atoms with Crippen molar-refractivity contribution < 1.29 is 9.47 Å². The average molecular weight is 569 g/mol. The molecule has 9 heteroatoms. The number of anilines is 1. The molecule has 0 bridgehead atoms. The molecule has 2 heterocycles. The fourth-order valence-corrected chi connectivity index (χ4v) is 3.72. The fourth-order valence-electron chi connectivity index (χ4n) is 3.72. The van der Waals surface area contributed by atoms with E-state index in [9.17, 15) is 0 Å². The molecule has 1 aliphatic heterocycles. The zero-order chi connectivity index (χ0) is 22.2. The Morgan fingerprint density at radius 3 is 2.76 bits per heavy atom. The van der Waals surface area contributed by atoms with Crippen LogP contribution in [0.4, 0.5) is 5.69 Å². The minimum atomic E-state index is 0. The van der Waals surface area contributed by atoms with Gasteiger partial charge in [-0.05, 0) is 76.1 Å². The molecule has 4 rings (SSSR count). The Kier molecular flexibility index (Phi) is 10.2. The number of halogens is 1. The van der Waals surface area contributed by atoms with Crippen LogP contribution in [0.3, 0.4) is 0 Å². The number of rotatable bonds is 11. The van der Waals surface area contributed by atoms with E-state index in [-0.39, 0.29) is 30.1 Å². The van der Waals surface area contributed by atoms with E-state index in [1.54, 1.807) is 0 Å². The second-order valence-electron chi connectivity index (χ2n) is 8.92. The lowest BCUT2D eigenvalue weighted by atomic mass is 10.2. The van der Waals surface area contributed by atoms with E-state index in [0.29, 0.717) is 6.54 Å². The molecular formula is C24H37IN6O2. The van der Waals surface area contributed by atoms with E-state index in [4.69, 9.17) is 14.5 Å². The second-order valence-corrected chi connectivity index (χ2v) is 8.92. The van der Waals surface area contributed by atoms with Crippen LogP contribution in [0.25, 0.3) is 0 Å². The van der Waals surface area contributed by atoms with Gasteiger partial charge in [-0.2, -0.15) is 0 Å². The number of nitrogens with one attached hydrogen (secondary N) is 2. The lowest BCUT2D eigenvalue weighted by Gasteiger charge is -2.15. The average Bonchev–Trinajstić information content (AvgIpc) is 3.53. The van der Waals surface area contributed by atoms with Crippen molar-refractivity contribution in [3.63, 3.8) is 0 Å². The molecule has 0 unspecified atom stereocenters. The van der Waals surface area contributed by atoms with Gasteiger partial charge in [-0.25, -0.2) is 4.99 Å². The Balaban J connectivity index is 0.00000306. The fraction of sp³-hybridized carbons (Fsp3) is 0.625. The molecule has 0 amide bonds. The summed E-state index contributed by atoms with van der Waals surface area (Å²) in [6, 6.07) is 7.96. The van der Waals surface area contributed by atoms with Crippen LogP contribution in [0.1, 0.15) is 57.6 Å². The van der Waals surface area contributed by atoms with Crippen LogP contribution in [-0.4, -0.2) is 46.6 Å². The largest absolute Gasteiger partial charge is 0.491 e. The summed E-state index contributed by atoms with van der Waals surface area (Å²) in [7, 11) is 0. The molecule has 1 aromatic heterocycles. The number of aromatic nitrogens is 3. The third kappa shape index (κ3) is 8.44. The maximum Gasteiger partial charge on any atom is 0.196 e. The van der Waals surface area contributed by atoms with Crippen LogP contribution in [0, 0.1) is 5.92 Å². The molecule has 2 N–H and O–H groups in total. The molecule has 8 nitrogen and oxygen atoms in total. The lowest BCUT2D eigenvalue weighted by Crippen LogP contribution is -2.32. The number of guanidine groups is 1. The highest BCUT2D eigenvalue weighted by molar-refractivity contribution is 14.0. The summed E-state index contributed by atoms with van der Waals surface area (Å²) < 4.78 is 13.7. The Bertz CT molecular complexity index is 880. The van der Waals surface area contributed by atoms with Crippen molar-refractivity contribution in [2.75, 3.05) is 25.1 Å². The van der Waals surface area contributed by atoms with Crippen LogP contribution < -0.4 is 15.4 Å². The molecule has 33 heavy (non-hydrogen) atoms. The van der Waals surface area contributed by atoms with Gasteiger partial charge in [-0.15, -0.1) is 34.2 Å². The maximum absolute atomic E-state index is 5.75. The Labute approximate surface area is 214 Å². The predicted octanol–water partition coefficient (Wildman–Crippen LogP) is 4.39. The van der Waals surface area contributed by atoms with Gasteiger partial charge in [0.15, 0.2) is 11.8 Å². The number of nitrogens with zero attached hydrogens (tertiary/aromatic N) is 4. The van der Waals surface area contributed by atoms with Crippen LogP contribution >= 0.6 is 24.0 Å². The van der Waals surface area contributed by atoms with Gasteiger partial charge >= 0.3 is 0 Å². The van der Waals surface area contributed by atoms with Gasteiger partial charge in [-0.1, -0.05) is 0 Å². The van der Waals surface area contributed by atoms with E-state index in [1.807, 2.05) is 38.1 Å². The minimum Gasteiger partial charge on any atom is -0.491 e. The highest BCUT2D eigenvalue weighted by atomic mass is 127. The quantitative estimate of drug-likeness (QED) is 0.181. The molecule has 2 aromatic rings. The van der Waals surface area contributed by atoms with Crippen LogP contribution in [-0.2, 0) is 24.2 Å². The van der Waals surface area contributed by atoms with Gasteiger partial charge in [0.25, 0.3) is 0 Å². The van der Waals surface area contributed by atoms with Gasteiger partial charge in [0, 0.05) is 38.4 Å². The molecule has 0 spiro atoms. The number of hydrogen-bond donors (Lipinski definition) is 2. The number of ether oxygens (including phenoxy) is 2. The predicted molar refractivity (Wildman–Crippen MR) is 142 cm³/mol. The van der Waals surface area contributed by atoms with E-state index < -0.39 is 0 Å². The summed E-state index contributed by atoms with van der Waals surface area (Å²) in [5, 5.41) is 15.6. The molecule has 1 fully saturated rings. The highest BCUT2D eigenvalue weighted by Crippen LogP contribution is 2.28. The zero-order valence-corrected chi connectivity index (χ0v) is 22.1. The van der Waals surface area contributed by atoms with Gasteiger partial charge in [0.1, 0.15) is 18.1 Å². The highest BCUT2D eigenvalue weighted by Gasteiger charge is 2.20. The molecule has 1 saturated carbocycles. The number of hydrogen-bond acceptors (Lipinski definition) is 5. The van der Waals surface area contributed by atoms with E-state index in [1.165, 1.54) is 25.7 Å². The molecule has 1 aromatic carbocycles. The lowest BCUT2D eigenvalue weighted by molar-refractivity contribution is 0.123. The normalized spacial score (nSPS) is 15.7. The summed E-state index contributed by atoms with van der Waals surface area (Å²) in [5.41, 5.74) is 0.959. The van der Waals surface area contributed by atoms with E-state index in [0.717, 1.165) is 74.1 Å². The Morgan fingerprint density at radius 1 is 1.18 bits per heavy atom. The van der Waals surface area contributed by atoms with Crippen molar-refractivity contribution in [3.8, 4) is 5.75 Å². The molecule has 0 atom stereocenters. The van der Waals surface area contributed by atoms with Crippen molar-refractivity contribution in [2.45, 2.75) is 71.6 Å². The summed E-state index contributed by atoms with van der Waals surface area (Å²) in [6.07, 6.45) is 7.12. The summed E-state index contributed by atoms with van der Waals surface area (Å²) in [4.78, 5) is 4.80. The van der Waals surface area contributed by atoms with Gasteiger partial charge in [0.05, 0.1) is 6.10 Å². The number of benzene rings is 1. The first kappa shape index (κ1) is 25.7. The molecule has 2 aliphatic rings. The van der Waals surface area contributed by atoms with Crippen molar-refractivity contribution in [2.24, 2.45) is 10.9 Å². The Morgan fingerprint density at radius 2 is 2.00 bits per heavy atom. The van der Waals surface area contributed by atoms with Crippen LogP contribution in [0.15, 0.2) is 29.3 Å². The van der Waals surface area contributed by atoms with Crippen molar-refractivity contribution in [1.29, 1.82) is 0 Å². The first-order valence-corrected chi connectivity index (χ1v) is 12.0. The third-order valence-corrected chi connectivity index (χ3v) is 5.61. The standard InChI is InChI=1S/C24H36N6O2.HI/c1-18(2)32-21-11-9-20(10-12-21)27-24(25-13-5-15-31-17-19-7-8-19)26-16-23-29-28-22-6-3-4-14-30(22)23;/h9-12,18-19H,3-8,13-17H2,1-2H3,(H2,25,26,27);1H. The number of aliphatic imine (C=N–C) groups is 1. The minimum absolute atomic E-state index is 0. The van der Waals surface area contributed by atoms with Crippen molar-refractivity contribution in [3.05, 3.63) is 35.9 Å². The van der Waals surface area contributed by atoms with Gasteiger partial charge < -0.3 is 24.7 Å². The van der Waals surface area contributed by atoms with E-state index >= 15 is 0 Å². The summed E-state index contributed by atoms with van der Waals surface area (Å²) in [5.74, 6) is 4.41. The van der Waals surface area contributed by atoms with E-state index in [2.05, 4.69) is 25.4 Å². The second kappa shape index (κ2) is 13.1. The molecular weight excluding hydrogens is 531 g/mol. The third-order valence-electron chi connectivity index (χ3n) is 5.61. The summed E-state index contributed by atoms with van der Waals surface area (Å²) in [6.45, 7) is 8.01. The molecule has 182 valence electrons. The number of aryl methyl sites for hydroxylation is 1. The topological polar surface area (TPSA) is 85.6 Å². The SMILES string of the molecule is CC(C)Oc1ccc(NC(=NCc2nnc3n2CCCC3)NCCCOCC2CC2)cc1.I. The van der Waals surface area contributed by atoms with Crippen molar-refractivity contribution in [1.82, 2.24) is 20.1 Å². The van der Waals surface area contributed by atoms with Gasteiger partial charge in [-0.3, -0.25) is 0 Å². The number of fused-ring (bicyclic) bond motifs is 1. The van der Waals surface area contributed by atoms with Crippen LogP contribution in [0.2, 0.25) is 0 Å². The maximum atomic E-state index is 5.75.